The molecule has 0 bridgehead atoms. The zero-order valence-electron chi connectivity index (χ0n) is 13.6. The number of piperidine rings is 1. The molecule has 1 aromatic carbocycles. The third-order valence-electron chi connectivity index (χ3n) is 4.74. The number of carbonyl (C=O) groups is 1. The molecule has 4 heteroatoms. The molecule has 0 radical (unpaired) electrons. The summed E-state index contributed by atoms with van der Waals surface area (Å²) in [6.45, 7) is 4.90. The summed E-state index contributed by atoms with van der Waals surface area (Å²) < 4.78 is 1.78. The van der Waals surface area contributed by atoms with Crippen molar-refractivity contribution in [3.8, 4) is 0 Å². The molecule has 0 N–H and O–H groups in total. The van der Waals surface area contributed by atoms with Gasteiger partial charge in [-0.2, -0.15) is 5.10 Å². The number of ketones is 1. The summed E-state index contributed by atoms with van der Waals surface area (Å²) in [6, 6.07) is 5.81. The molecule has 22 heavy (non-hydrogen) atoms. The summed E-state index contributed by atoms with van der Waals surface area (Å²) in [5, 5.41) is 5.35. The molecule has 0 saturated carbocycles. The predicted molar refractivity (Wildman–Crippen MR) is 89.1 cm³/mol. The summed E-state index contributed by atoms with van der Waals surface area (Å²) in [4.78, 5) is 15.0. The highest BCUT2D eigenvalue weighted by Crippen LogP contribution is 2.23. The molecule has 2 aromatic rings. The van der Waals surface area contributed by atoms with Crippen LogP contribution < -0.4 is 0 Å². The molecular weight excluding hydrogens is 274 g/mol. The fraction of sp³-hybridized carbons (Fsp3) is 0.556. The average molecular weight is 299 g/mol. The maximum atomic E-state index is 12.7. The van der Waals surface area contributed by atoms with Crippen molar-refractivity contribution >= 4 is 16.7 Å². The average Bonchev–Trinajstić information content (AvgIpc) is 2.89. The van der Waals surface area contributed by atoms with E-state index in [4.69, 9.17) is 0 Å². The van der Waals surface area contributed by atoms with Gasteiger partial charge in [-0.1, -0.05) is 31.9 Å². The number of Topliss-reactive ketones (excluding diaryl/α,β-unsaturated/α-hetero) is 1. The van der Waals surface area contributed by atoms with Gasteiger partial charge in [0.2, 0.25) is 0 Å². The van der Waals surface area contributed by atoms with E-state index < -0.39 is 0 Å². The smallest absolute Gasteiger partial charge is 0.177 e. The first-order valence-electron chi connectivity index (χ1n) is 8.35. The Morgan fingerprint density at radius 1 is 1.32 bits per heavy atom. The number of aromatic nitrogens is 2. The molecule has 0 atom stereocenters. The quantitative estimate of drug-likeness (QED) is 0.795. The molecule has 2 heterocycles. The van der Waals surface area contributed by atoms with Crippen LogP contribution in [-0.2, 0) is 7.05 Å². The van der Waals surface area contributed by atoms with Crippen molar-refractivity contribution in [3.05, 3.63) is 30.0 Å². The molecule has 1 saturated heterocycles. The van der Waals surface area contributed by atoms with Crippen molar-refractivity contribution in [1.29, 1.82) is 0 Å². The van der Waals surface area contributed by atoms with E-state index in [1.807, 2.05) is 31.4 Å². The molecule has 0 unspecified atom stereocenters. The van der Waals surface area contributed by atoms with Crippen LogP contribution in [0.1, 0.15) is 43.0 Å². The number of likely N-dealkylation sites (tertiary alicyclic amines) is 1. The van der Waals surface area contributed by atoms with Crippen LogP contribution in [0.25, 0.3) is 10.9 Å². The van der Waals surface area contributed by atoms with Crippen LogP contribution in [0, 0.1) is 5.92 Å². The van der Waals surface area contributed by atoms with Gasteiger partial charge in [-0.25, -0.2) is 0 Å². The van der Waals surface area contributed by atoms with Crippen molar-refractivity contribution in [2.75, 3.05) is 19.6 Å². The van der Waals surface area contributed by atoms with Crippen molar-refractivity contribution < 1.29 is 4.79 Å². The van der Waals surface area contributed by atoms with Gasteiger partial charge in [0.25, 0.3) is 0 Å². The van der Waals surface area contributed by atoms with Crippen LogP contribution in [0.3, 0.4) is 0 Å². The normalized spacial score (nSPS) is 17.2. The summed E-state index contributed by atoms with van der Waals surface area (Å²) in [6.07, 6.45) is 7.01. The van der Waals surface area contributed by atoms with Crippen LogP contribution in [0.15, 0.2) is 24.4 Å². The van der Waals surface area contributed by atoms with Crippen molar-refractivity contribution in [1.82, 2.24) is 14.7 Å². The lowest BCUT2D eigenvalue weighted by Gasteiger charge is -2.31. The van der Waals surface area contributed by atoms with Crippen molar-refractivity contribution in [2.24, 2.45) is 13.0 Å². The fourth-order valence-corrected chi connectivity index (χ4v) is 3.53. The summed E-state index contributed by atoms with van der Waals surface area (Å²) in [7, 11) is 1.90. The molecule has 0 amide bonds. The zero-order valence-corrected chi connectivity index (χ0v) is 13.6. The number of carbonyl (C=O) groups excluding carboxylic acids is 1. The van der Waals surface area contributed by atoms with Gasteiger partial charge in [0.15, 0.2) is 5.78 Å². The van der Waals surface area contributed by atoms with Crippen LogP contribution >= 0.6 is 0 Å². The van der Waals surface area contributed by atoms with Gasteiger partial charge >= 0.3 is 0 Å². The Morgan fingerprint density at radius 2 is 2.09 bits per heavy atom. The molecule has 1 aliphatic rings. The van der Waals surface area contributed by atoms with Crippen LogP contribution in [-0.4, -0.2) is 40.1 Å². The second-order valence-corrected chi connectivity index (χ2v) is 6.47. The van der Waals surface area contributed by atoms with E-state index in [-0.39, 0.29) is 5.78 Å². The number of aryl methyl sites for hydroxylation is 1. The molecule has 3 rings (SSSR count). The highest BCUT2D eigenvalue weighted by molar-refractivity contribution is 6.08. The Kier molecular flexibility index (Phi) is 4.57. The molecule has 118 valence electrons. The van der Waals surface area contributed by atoms with E-state index in [9.17, 15) is 4.79 Å². The SMILES string of the molecule is CCCC1CCN(CC(=O)c2cccc3nn(C)cc23)CC1. The van der Waals surface area contributed by atoms with Crippen LogP contribution in [0.5, 0.6) is 0 Å². The molecule has 0 spiro atoms. The van der Waals surface area contributed by atoms with Gasteiger partial charge in [0.05, 0.1) is 12.1 Å². The fourth-order valence-electron chi connectivity index (χ4n) is 3.53. The second kappa shape index (κ2) is 6.61. The maximum absolute atomic E-state index is 12.7. The Labute approximate surface area is 132 Å². The Hall–Kier alpha value is -1.68. The van der Waals surface area contributed by atoms with Gasteiger partial charge in [-0.05, 0) is 37.9 Å². The van der Waals surface area contributed by atoms with Gasteiger partial charge in [0.1, 0.15) is 0 Å². The summed E-state index contributed by atoms with van der Waals surface area (Å²) in [5.41, 5.74) is 1.70. The first-order valence-corrected chi connectivity index (χ1v) is 8.35. The Morgan fingerprint density at radius 3 is 2.82 bits per heavy atom. The third kappa shape index (κ3) is 3.22. The minimum absolute atomic E-state index is 0.215. The maximum Gasteiger partial charge on any atom is 0.177 e. The third-order valence-corrected chi connectivity index (χ3v) is 4.74. The molecule has 1 fully saturated rings. The lowest BCUT2D eigenvalue weighted by atomic mass is 9.92. The number of hydrogen-bond acceptors (Lipinski definition) is 3. The number of hydrogen-bond donors (Lipinski definition) is 0. The number of fused-ring (bicyclic) bond motifs is 1. The topological polar surface area (TPSA) is 38.1 Å². The predicted octanol–water partition coefficient (Wildman–Crippen LogP) is 3.27. The van der Waals surface area contributed by atoms with E-state index in [0.717, 1.165) is 35.5 Å². The highest BCUT2D eigenvalue weighted by Gasteiger charge is 2.21. The van der Waals surface area contributed by atoms with E-state index in [2.05, 4.69) is 16.9 Å². The minimum Gasteiger partial charge on any atom is -0.296 e. The molecule has 1 aromatic heterocycles. The van der Waals surface area contributed by atoms with Crippen LogP contribution in [0.2, 0.25) is 0 Å². The second-order valence-electron chi connectivity index (χ2n) is 6.47. The van der Waals surface area contributed by atoms with Gasteiger partial charge < -0.3 is 0 Å². The summed E-state index contributed by atoms with van der Waals surface area (Å²) in [5.74, 6) is 1.07. The van der Waals surface area contributed by atoms with E-state index in [1.54, 1.807) is 4.68 Å². The largest absolute Gasteiger partial charge is 0.296 e. The number of nitrogens with zero attached hydrogens (tertiary/aromatic N) is 3. The summed E-state index contributed by atoms with van der Waals surface area (Å²) >= 11 is 0. The lowest BCUT2D eigenvalue weighted by molar-refractivity contribution is 0.0894. The first-order chi connectivity index (χ1) is 10.7. The van der Waals surface area contributed by atoms with E-state index in [0.29, 0.717) is 6.54 Å². The molecule has 4 nitrogen and oxygen atoms in total. The number of benzene rings is 1. The monoisotopic (exact) mass is 299 g/mol. The standard InChI is InChI=1S/C18H25N3O/c1-3-5-14-8-10-21(11-9-14)13-18(22)15-6-4-7-17-16(15)12-20(2)19-17/h4,6-7,12,14H,3,5,8-11,13H2,1-2H3. The van der Waals surface area contributed by atoms with E-state index in [1.165, 1.54) is 25.7 Å². The molecule has 0 aliphatic carbocycles. The zero-order chi connectivity index (χ0) is 15.5. The van der Waals surface area contributed by atoms with E-state index >= 15 is 0 Å². The lowest BCUT2D eigenvalue weighted by Crippen LogP contribution is -2.37. The molecule has 1 aliphatic heterocycles. The molecular formula is C18H25N3O. The Bertz CT molecular complexity index is 653. The van der Waals surface area contributed by atoms with Crippen molar-refractivity contribution in [3.63, 3.8) is 0 Å². The van der Waals surface area contributed by atoms with Gasteiger partial charge in [0, 0.05) is 24.2 Å². The minimum atomic E-state index is 0.215. The first kappa shape index (κ1) is 15.2. The van der Waals surface area contributed by atoms with Crippen LogP contribution in [0.4, 0.5) is 0 Å². The van der Waals surface area contributed by atoms with Gasteiger partial charge in [-0.3, -0.25) is 14.4 Å². The Balaban J connectivity index is 1.67. The van der Waals surface area contributed by atoms with Crippen molar-refractivity contribution in [2.45, 2.75) is 32.6 Å². The van der Waals surface area contributed by atoms with Gasteiger partial charge in [-0.15, -0.1) is 0 Å². The highest BCUT2D eigenvalue weighted by atomic mass is 16.1. The number of rotatable bonds is 5.